The summed E-state index contributed by atoms with van der Waals surface area (Å²) >= 11 is 0. The lowest BCUT2D eigenvalue weighted by atomic mass is 9.86. The SMILES string of the molecule is COc1cc(NC(=O)N(C)CCO)ccc1-c1nc2c(c(C3CCCCC3)nn2C)c(=O)[nH]1. The van der Waals surface area contributed by atoms with Gasteiger partial charge in [0.05, 0.1) is 25.0 Å². The highest BCUT2D eigenvalue weighted by molar-refractivity contribution is 5.90. The summed E-state index contributed by atoms with van der Waals surface area (Å²) in [5.74, 6) is 1.12. The third kappa shape index (κ3) is 4.56. The zero-order chi connectivity index (χ0) is 23.5. The van der Waals surface area contributed by atoms with Crippen molar-refractivity contribution < 1.29 is 14.6 Å². The number of nitrogens with one attached hydrogen (secondary N) is 2. The number of amides is 2. The summed E-state index contributed by atoms with van der Waals surface area (Å²) in [6.07, 6.45) is 5.63. The van der Waals surface area contributed by atoms with Crippen molar-refractivity contribution in [1.82, 2.24) is 24.6 Å². The van der Waals surface area contributed by atoms with Crippen LogP contribution in [0.2, 0.25) is 0 Å². The van der Waals surface area contributed by atoms with Gasteiger partial charge >= 0.3 is 6.03 Å². The first-order chi connectivity index (χ1) is 15.9. The van der Waals surface area contributed by atoms with Crippen LogP contribution in [0.5, 0.6) is 5.75 Å². The Morgan fingerprint density at radius 1 is 1.33 bits per heavy atom. The third-order valence-electron chi connectivity index (χ3n) is 6.20. The number of hydrogen-bond acceptors (Lipinski definition) is 6. The first-order valence-electron chi connectivity index (χ1n) is 11.2. The van der Waals surface area contributed by atoms with Crippen LogP contribution in [0, 0.1) is 0 Å². The summed E-state index contributed by atoms with van der Waals surface area (Å²) < 4.78 is 7.20. The van der Waals surface area contributed by atoms with Crippen molar-refractivity contribution in [3.8, 4) is 17.1 Å². The topological polar surface area (TPSA) is 125 Å². The van der Waals surface area contributed by atoms with Crippen LogP contribution < -0.4 is 15.6 Å². The van der Waals surface area contributed by atoms with Gasteiger partial charge in [0.1, 0.15) is 17.0 Å². The molecule has 0 aliphatic heterocycles. The summed E-state index contributed by atoms with van der Waals surface area (Å²) in [7, 11) is 4.92. The number of rotatable bonds is 6. The standard InChI is InChI=1S/C23H30N6O4/c1-28(11-12-30)23(32)24-15-9-10-16(17(13-15)33-3)20-25-21-18(22(31)26-20)19(27-29(21)2)14-7-5-4-6-8-14/h9-10,13-14,30H,4-8,11-12H2,1-3H3,(H,24,32)(H,25,26,31). The van der Waals surface area contributed by atoms with Crippen molar-refractivity contribution in [1.29, 1.82) is 0 Å². The van der Waals surface area contributed by atoms with E-state index in [4.69, 9.17) is 14.8 Å². The predicted molar refractivity (Wildman–Crippen MR) is 126 cm³/mol. The Morgan fingerprint density at radius 2 is 2.09 bits per heavy atom. The molecule has 1 aliphatic rings. The molecule has 0 atom stereocenters. The fourth-order valence-electron chi connectivity index (χ4n) is 4.41. The van der Waals surface area contributed by atoms with Gasteiger partial charge in [-0.25, -0.2) is 14.5 Å². The first kappa shape index (κ1) is 22.8. The van der Waals surface area contributed by atoms with Gasteiger partial charge in [0, 0.05) is 38.3 Å². The third-order valence-corrected chi connectivity index (χ3v) is 6.20. The van der Waals surface area contributed by atoms with Gasteiger partial charge in [-0.05, 0) is 25.0 Å². The number of ether oxygens (including phenoxy) is 1. The van der Waals surface area contributed by atoms with Crippen LogP contribution in [0.1, 0.15) is 43.7 Å². The molecule has 3 N–H and O–H groups in total. The van der Waals surface area contributed by atoms with Crippen LogP contribution in [0.4, 0.5) is 10.5 Å². The summed E-state index contributed by atoms with van der Waals surface area (Å²) in [6, 6.07) is 4.77. The average Bonchev–Trinajstić information content (AvgIpc) is 3.16. The van der Waals surface area contributed by atoms with Gasteiger partial charge < -0.3 is 25.0 Å². The Hall–Kier alpha value is -3.40. The highest BCUT2D eigenvalue weighted by Crippen LogP contribution is 2.35. The van der Waals surface area contributed by atoms with Crippen molar-refractivity contribution in [2.24, 2.45) is 7.05 Å². The smallest absolute Gasteiger partial charge is 0.321 e. The van der Waals surface area contributed by atoms with E-state index in [2.05, 4.69) is 15.4 Å². The molecule has 3 aromatic rings. The number of methoxy groups -OCH3 is 1. The summed E-state index contributed by atoms with van der Waals surface area (Å²) in [4.78, 5) is 34.3. The Kier molecular flexibility index (Phi) is 6.64. The minimum Gasteiger partial charge on any atom is -0.496 e. The molecule has 0 unspecified atom stereocenters. The molecule has 1 aromatic carbocycles. The molecular weight excluding hydrogens is 424 g/mol. The molecule has 0 spiro atoms. The zero-order valence-electron chi connectivity index (χ0n) is 19.2. The van der Waals surface area contributed by atoms with Gasteiger partial charge in [0.2, 0.25) is 0 Å². The highest BCUT2D eigenvalue weighted by Gasteiger charge is 2.25. The van der Waals surface area contributed by atoms with Gasteiger partial charge in [0.15, 0.2) is 5.65 Å². The second-order valence-corrected chi connectivity index (χ2v) is 8.45. The van der Waals surface area contributed by atoms with Gasteiger partial charge in [-0.1, -0.05) is 19.3 Å². The molecule has 10 heteroatoms. The molecule has 0 bridgehead atoms. The number of urea groups is 1. The van der Waals surface area contributed by atoms with Crippen molar-refractivity contribution in [3.63, 3.8) is 0 Å². The normalized spacial score (nSPS) is 14.4. The number of aliphatic hydroxyl groups excluding tert-OH is 1. The summed E-state index contributed by atoms with van der Waals surface area (Å²) in [5.41, 5.74) is 2.28. The van der Waals surface area contributed by atoms with E-state index in [9.17, 15) is 9.59 Å². The number of hydrogen-bond donors (Lipinski definition) is 3. The van der Waals surface area contributed by atoms with Gasteiger partial charge in [-0.15, -0.1) is 0 Å². The van der Waals surface area contributed by atoms with E-state index >= 15 is 0 Å². The number of carbonyl (C=O) groups excluding carboxylic acids is 1. The molecule has 2 amide bonds. The van der Waals surface area contributed by atoms with Crippen molar-refractivity contribution in [2.75, 3.05) is 32.6 Å². The Morgan fingerprint density at radius 3 is 2.79 bits per heavy atom. The van der Waals surface area contributed by atoms with Crippen molar-refractivity contribution >= 4 is 22.8 Å². The van der Waals surface area contributed by atoms with E-state index in [0.29, 0.717) is 33.9 Å². The molecule has 1 saturated carbocycles. The number of nitrogens with zero attached hydrogens (tertiary/aromatic N) is 4. The molecule has 2 heterocycles. The lowest BCUT2D eigenvalue weighted by Crippen LogP contribution is -2.33. The monoisotopic (exact) mass is 454 g/mol. The van der Waals surface area contributed by atoms with E-state index in [1.807, 2.05) is 7.05 Å². The summed E-state index contributed by atoms with van der Waals surface area (Å²) in [5, 5.41) is 17.0. The quantitative estimate of drug-likeness (QED) is 0.526. The number of aromatic amines is 1. The number of aryl methyl sites for hydroxylation is 1. The van der Waals surface area contributed by atoms with E-state index < -0.39 is 0 Å². The molecule has 1 aliphatic carbocycles. The fraction of sp³-hybridized carbons (Fsp3) is 0.478. The minimum atomic E-state index is -0.350. The predicted octanol–water partition coefficient (Wildman–Crippen LogP) is 2.84. The zero-order valence-corrected chi connectivity index (χ0v) is 19.2. The maximum Gasteiger partial charge on any atom is 0.321 e. The molecular formula is C23H30N6O4. The number of benzene rings is 1. The minimum absolute atomic E-state index is 0.121. The van der Waals surface area contributed by atoms with Gasteiger partial charge in [0.25, 0.3) is 5.56 Å². The van der Waals surface area contributed by atoms with E-state index in [1.165, 1.54) is 18.4 Å². The lowest BCUT2D eigenvalue weighted by Gasteiger charge is -2.19. The maximum atomic E-state index is 13.1. The second-order valence-electron chi connectivity index (χ2n) is 8.45. The number of H-pyrrole nitrogens is 1. The van der Waals surface area contributed by atoms with Crippen molar-refractivity contribution in [2.45, 2.75) is 38.0 Å². The molecule has 33 heavy (non-hydrogen) atoms. The molecule has 176 valence electrons. The van der Waals surface area contributed by atoms with Gasteiger partial charge in [-0.3, -0.25) is 4.79 Å². The molecule has 1 fully saturated rings. The largest absolute Gasteiger partial charge is 0.496 e. The Balaban J connectivity index is 1.69. The summed E-state index contributed by atoms with van der Waals surface area (Å²) in [6.45, 7) is 0.101. The lowest BCUT2D eigenvalue weighted by molar-refractivity contribution is 0.202. The number of likely N-dealkylation sites (N-methyl/N-ethyl adjacent to an activating group) is 1. The van der Waals surface area contributed by atoms with Crippen LogP contribution >= 0.6 is 0 Å². The number of aromatic nitrogens is 4. The van der Waals surface area contributed by atoms with Gasteiger partial charge in [-0.2, -0.15) is 5.10 Å². The van der Waals surface area contributed by atoms with Crippen molar-refractivity contribution in [3.05, 3.63) is 34.2 Å². The molecule has 2 aromatic heterocycles. The van der Waals surface area contributed by atoms with Crippen LogP contribution in [-0.4, -0.2) is 63.1 Å². The van der Waals surface area contributed by atoms with Crippen LogP contribution in [0.15, 0.2) is 23.0 Å². The highest BCUT2D eigenvalue weighted by atomic mass is 16.5. The van der Waals surface area contributed by atoms with Crippen LogP contribution in [0.25, 0.3) is 22.4 Å². The Labute approximate surface area is 191 Å². The fourth-order valence-corrected chi connectivity index (χ4v) is 4.41. The number of aliphatic hydroxyl groups is 1. The van der Waals surface area contributed by atoms with E-state index in [1.54, 1.807) is 29.9 Å². The maximum absolute atomic E-state index is 13.1. The number of anilines is 1. The molecule has 0 radical (unpaired) electrons. The number of carbonyl (C=O) groups is 1. The molecule has 10 nitrogen and oxygen atoms in total. The molecule has 0 saturated heterocycles. The average molecular weight is 455 g/mol. The first-order valence-corrected chi connectivity index (χ1v) is 11.2. The second kappa shape index (κ2) is 9.62. The molecule has 4 rings (SSSR count). The Bertz CT molecular complexity index is 1210. The van der Waals surface area contributed by atoms with E-state index in [-0.39, 0.29) is 30.7 Å². The van der Waals surface area contributed by atoms with E-state index in [0.717, 1.165) is 31.4 Å². The van der Waals surface area contributed by atoms with Crippen LogP contribution in [-0.2, 0) is 7.05 Å². The van der Waals surface area contributed by atoms with Crippen LogP contribution in [0.3, 0.4) is 0 Å². The number of fused-ring (bicyclic) bond motifs is 1.